The number of furan rings is 2. The number of aromatic nitrogens is 3. The molecule has 0 unspecified atom stereocenters. The van der Waals surface area contributed by atoms with Gasteiger partial charge >= 0.3 is 0 Å². The number of hydrogen-bond acceptors (Lipinski definition) is 5. The Morgan fingerprint density at radius 1 is 0.357 bits per heavy atom. The molecule has 0 saturated heterocycles. The molecule has 0 radical (unpaired) electrons. The van der Waals surface area contributed by atoms with Crippen molar-refractivity contribution < 1.29 is 17.1 Å². The fraction of sp³-hybridized carbons (Fsp3) is 0. The quantitative estimate of drug-likeness (QED) is 0.171. The summed E-state index contributed by atoms with van der Waals surface area (Å²) in [6, 6.07) is 46.5. The van der Waals surface area contributed by atoms with Crippen LogP contribution in [0.1, 0.15) is 8.22 Å². The number of para-hydroxylation sites is 1. The molecule has 3 aromatic heterocycles. The summed E-state index contributed by atoms with van der Waals surface area (Å²) >= 11 is 0. The zero-order valence-corrected chi connectivity index (χ0v) is 29.6. The highest BCUT2D eigenvalue weighted by molar-refractivity contribution is 6.14. The van der Waals surface area contributed by atoms with Crippen LogP contribution in [0.5, 0.6) is 0 Å². The molecule has 0 N–H and O–H groups in total. The van der Waals surface area contributed by atoms with Gasteiger partial charge in [0.25, 0.3) is 0 Å². The normalized spacial score (nSPS) is 13.1. The van der Waals surface area contributed by atoms with Crippen LogP contribution in [-0.4, -0.2) is 15.0 Å². The predicted octanol–water partition coefficient (Wildman–Crippen LogP) is 13.7. The first-order valence-electron chi connectivity index (χ1n) is 21.2. The van der Waals surface area contributed by atoms with Gasteiger partial charge in [-0.3, -0.25) is 0 Å². The number of hydrogen-bond donors (Lipinski definition) is 0. The van der Waals surface area contributed by atoms with Crippen molar-refractivity contribution in [3.8, 4) is 67.5 Å². The summed E-state index contributed by atoms with van der Waals surface area (Å²) < 4.78 is 68.3. The van der Waals surface area contributed by atoms with E-state index in [0.29, 0.717) is 39.5 Å². The molecule has 0 bridgehead atoms. The van der Waals surface area contributed by atoms with Crippen LogP contribution in [0.4, 0.5) is 0 Å². The fourth-order valence-electron chi connectivity index (χ4n) is 7.48. The Balaban J connectivity index is 1.19. The average molecular weight is 724 g/mol. The van der Waals surface area contributed by atoms with E-state index < -0.39 is 0 Å². The predicted molar refractivity (Wildman–Crippen MR) is 227 cm³/mol. The lowest BCUT2D eigenvalue weighted by Gasteiger charge is -2.14. The molecule has 0 aliphatic carbocycles. The van der Waals surface area contributed by atoms with E-state index in [2.05, 4.69) is 0 Å². The van der Waals surface area contributed by atoms with E-state index in [1.165, 1.54) is 0 Å². The van der Waals surface area contributed by atoms with Crippen molar-refractivity contribution >= 4 is 43.9 Å². The van der Waals surface area contributed by atoms with Gasteiger partial charge in [-0.05, 0) is 69.7 Å². The van der Waals surface area contributed by atoms with Crippen LogP contribution in [0, 0.1) is 0 Å². The standard InChI is InChI=1S/C51H31N3O2/c1-3-14-32(15-4-1)36-18-7-9-21-40(36)50-52-49(53-51(54-50)41-22-10-8-19-37(41)33-16-5-2-6-17-33)35-26-28-42-47(31-35)56-46-25-13-23-38(48(42)46)34-27-29-45-43(30-34)39-20-11-12-24-44(39)55-45/h1-31H/i13D,23D,25D,26D,28D,31D. The Labute approximate surface area is 330 Å². The maximum absolute atomic E-state index is 9.72. The topological polar surface area (TPSA) is 65.0 Å². The molecule has 56 heavy (non-hydrogen) atoms. The molecule has 11 rings (SSSR count). The second-order valence-electron chi connectivity index (χ2n) is 13.4. The Hall–Kier alpha value is -7.63. The minimum atomic E-state index is -0.367. The van der Waals surface area contributed by atoms with Crippen LogP contribution in [0.15, 0.2) is 197 Å². The van der Waals surface area contributed by atoms with Crippen molar-refractivity contribution in [1.82, 2.24) is 15.0 Å². The first-order valence-corrected chi connectivity index (χ1v) is 18.2. The van der Waals surface area contributed by atoms with Gasteiger partial charge in [-0.1, -0.05) is 152 Å². The van der Waals surface area contributed by atoms with E-state index in [1.54, 1.807) is 12.1 Å². The van der Waals surface area contributed by atoms with Crippen LogP contribution in [0.2, 0.25) is 0 Å². The van der Waals surface area contributed by atoms with Crippen molar-refractivity contribution in [3.63, 3.8) is 0 Å². The van der Waals surface area contributed by atoms with Crippen LogP contribution in [0.3, 0.4) is 0 Å². The lowest BCUT2D eigenvalue weighted by atomic mass is 9.97. The number of fused-ring (bicyclic) bond motifs is 6. The lowest BCUT2D eigenvalue weighted by Crippen LogP contribution is -2.02. The van der Waals surface area contributed by atoms with Gasteiger partial charge in [0, 0.05) is 38.2 Å². The van der Waals surface area contributed by atoms with E-state index in [-0.39, 0.29) is 75.1 Å². The van der Waals surface area contributed by atoms with Crippen molar-refractivity contribution in [2.24, 2.45) is 0 Å². The number of rotatable bonds is 6. The van der Waals surface area contributed by atoms with Crippen molar-refractivity contribution in [3.05, 3.63) is 188 Å². The maximum Gasteiger partial charge on any atom is 0.164 e. The summed E-state index contributed by atoms with van der Waals surface area (Å²) in [5.41, 5.74) is 6.96. The summed E-state index contributed by atoms with van der Waals surface area (Å²) in [5, 5.41) is 1.96. The molecule has 262 valence electrons. The molecule has 5 heteroatoms. The monoisotopic (exact) mass is 723 g/mol. The Morgan fingerprint density at radius 2 is 0.929 bits per heavy atom. The maximum atomic E-state index is 9.72. The molecule has 0 saturated carbocycles. The second kappa shape index (κ2) is 13.0. The molecular formula is C51H31N3O2. The van der Waals surface area contributed by atoms with E-state index in [0.717, 1.165) is 33.0 Å². The molecular weight excluding hydrogens is 687 g/mol. The summed E-state index contributed by atoms with van der Waals surface area (Å²) in [5.74, 6) is 0.600. The molecule has 8 aromatic carbocycles. The third-order valence-corrected chi connectivity index (χ3v) is 10.1. The van der Waals surface area contributed by atoms with Gasteiger partial charge in [0.2, 0.25) is 0 Å². The van der Waals surface area contributed by atoms with Crippen molar-refractivity contribution in [2.45, 2.75) is 0 Å². The zero-order chi connectivity index (χ0) is 42.2. The zero-order valence-electron chi connectivity index (χ0n) is 35.6. The third kappa shape index (κ3) is 5.37. The molecule has 0 atom stereocenters. The van der Waals surface area contributed by atoms with Crippen LogP contribution in [0.25, 0.3) is 111 Å². The van der Waals surface area contributed by atoms with Gasteiger partial charge < -0.3 is 8.83 Å². The van der Waals surface area contributed by atoms with Gasteiger partial charge in [0.05, 0.1) is 8.22 Å². The number of nitrogens with zero attached hydrogens (tertiary/aromatic N) is 3. The highest BCUT2D eigenvalue weighted by Gasteiger charge is 2.20. The molecule has 0 amide bonds. The Kier molecular flexibility index (Phi) is 6.10. The smallest absolute Gasteiger partial charge is 0.164 e. The van der Waals surface area contributed by atoms with E-state index >= 15 is 0 Å². The summed E-state index contributed by atoms with van der Waals surface area (Å²) in [7, 11) is 0. The van der Waals surface area contributed by atoms with Crippen LogP contribution in [-0.2, 0) is 0 Å². The molecule has 0 aliphatic heterocycles. The third-order valence-electron chi connectivity index (χ3n) is 10.1. The van der Waals surface area contributed by atoms with Gasteiger partial charge in [0.15, 0.2) is 17.5 Å². The Bertz CT molecular complexity index is 3510. The van der Waals surface area contributed by atoms with Gasteiger partial charge in [-0.15, -0.1) is 0 Å². The largest absolute Gasteiger partial charge is 0.456 e. The SMILES string of the molecule is [2H]c1c([2H])c(-c2ccc3oc4ccccc4c3c2)c2c(oc3c([2H])c(-c4nc(-c5ccccc5-c5ccccc5)nc(-c5ccccc5-c5ccccc5)n4)c([2H])c([2H])c32)c1[2H]. The Morgan fingerprint density at radius 3 is 1.62 bits per heavy atom. The molecule has 0 aliphatic rings. The minimum absolute atomic E-state index is 0.00689. The number of benzene rings is 8. The first-order chi connectivity index (χ1) is 30.3. The van der Waals surface area contributed by atoms with Crippen molar-refractivity contribution in [1.29, 1.82) is 0 Å². The summed E-state index contributed by atoms with van der Waals surface area (Å²) in [4.78, 5) is 15.0. The average Bonchev–Trinajstić information content (AvgIpc) is 3.90. The van der Waals surface area contributed by atoms with Gasteiger partial charge in [0.1, 0.15) is 22.3 Å². The summed E-state index contributed by atoms with van der Waals surface area (Å²) in [6.07, 6.45) is 0. The summed E-state index contributed by atoms with van der Waals surface area (Å²) in [6.45, 7) is 0. The van der Waals surface area contributed by atoms with E-state index in [4.69, 9.17) is 26.5 Å². The highest BCUT2D eigenvalue weighted by Crippen LogP contribution is 2.41. The molecule has 0 fully saturated rings. The molecule has 3 heterocycles. The van der Waals surface area contributed by atoms with Crippen molar-refractivity contribution in [2.75, 3.05) is 0 Å². The molecule has 0 spiro atoms. The van der Waals surface area contributed by atoms with Gasteiger partial charge in [-0.2, -0.15) is 0 Å². The first kappa shape index (κ1) is 26.2. The van der Waals surface area contributed by atoms with E-state index in [1.807, 2.05) is 140 Å². The van der Waals surface area contributed by atoms with E-state index in [9.17, 15) is 5.48 Å². The van der Waals surface area contributed by atoms with Gasteiger partial charge in [-0.25, -0.2) is 15.0 Å². The molecule has 5 nitrogen and oxygen atoms in total. The second-order valence-corrected chi connectivity index (χ2v) is 13.4. The lowest BCUT2D eigenvalue weighted by molar-refractivity contribution is 0.669. The van der Waals surface area contributed by atoms with Crippen LogP contribution >= 0.6 is 0 Å². The highest BCUT2D eigenvalue weighted by atomic mass is 16.3. The van der Waals surface area contributed by atoms with Crippen LogP contribution < -0.4 is 0 Å². The molecule has 11 aromatic rings. The minimum Gasteiger partial charge on any atom is -0.456 e. The fourth-order valence-corrected chi connectivity index (χ4v) is 7.48.